The minimum absolute atomic E-state index is 0.0156. The fraction of sp³-hybridized carbons (Fsp3) is 0.222. The van der Waals surface area contributed by atoms with Crippen molar-refractivity contribution >= 4 is 17.6 Å². The summed E-state index contributed by atoms with van der Waals surface area (Å²) in [5, 5.41) is 13.8. The third kappa shape index (κ3) is 4.56. The van der Waals surface area contributed by atoms with Gasteiger partial charge < -0.3 is 34.2 Å². The van der Waals surface area contributed by atoms with Crippen LogP contribution in [0.1, 0.15) is 10.4 Å². The van der Waals surface area contributed by atoms with Crippen LogP contribution >= 0.6 is 0 Å². The number of hydrogen-bond donors (Lipinski definition) is 1. The van der Waals surface area contributed by atoms with E-state index in [9.17, 15) is 14.7 Å². The Morgan fingerprint density at radius 2 is 1.62 bits per heavy atom. The standard InChI is InChI=1S/C18H19NO7/c1-23-11-5-4-6-12(7-11)26-10-17(20)19-14-9-16(25-3)15(24-2)8-13(14)18(21)22/h4-9H,10H2,1-3H3,(H,19,20)(H,21,22)/p-1. The van der Waals surface area contributed by atoms with E-state index < -0.39 is 11.9 Å². The van der Waals surface area contributed by atoms with Crippen LogP contribution in [-0.2, 0) is 4.79 Å². The number of carbonyl (C=O) groups is 2. The molecule has 0 bridgehead atoms. The monoisotopic (exact) mass is 360 g/mol. The van der Waals surface area contributed by atoms with E-state index in [1.807, 2.05) is 0 Å². The molecule has 0 aliphatic heterocycles. The highest BCUT2D eigenvalue weighted by Gasteiger charge is 2.14. The van der Waals surface area contributed by atoms with Crippen molar-refractivity contribution in [2.24, 2.45) is 0 Å². The Morgan fingerprint density at radius 1 is 0.962 bits per heavy atom. The number of nitrogens with one attached hydrogen (secondary N) is 1. The molecule has 0 saturated carbocycles. The number of hydrogen-bond acceptors (Lipinski definition) is 7. The predicted octanol–water partition coefficient (Wildman–Crippen LogP) is 1.09. The summed E-state index contributed by atoms with van der Waals surface area (Å²) in [6.45, 7) is -0.325. The molecular weight excluding hydrogens is 342 g/mol. The van der Waals surface area contributed by atoms with Gasteiger partial charge in [-0.05, 0) is 18.2 Å². The van der Waals surface area contributed by atoms with Crippen molar-refractivity contribution in [3.05, 3.63) is 42.0 Å². The van der Waals surface area contributed by atoms with Crippen LogP contribution in [0.4, 0.5) is 5.69 Å². The van der Waals surface area contributed by atoms with E-state index in [1.54, 1.807) is 24.3 Å². The van der Waals surface area contributed by atoms with Crippen molar-refractivity contribution in [3.8, 4) is 23.0 Å². The summed E-state index contributed by atoms with van der Waals surface area (Å²) in [5.41, 5.74) is -0.223. The predicted molar refractivity (Wildman–Crippen MR) is 91.0 cm³/mol. The first-order valence-corrected chi connectivity index (χ1v) is 7.52. The van der Waals surface area contributed by atoms with Gasteiger partial charge in [-0.2, -0.15) is 0 Å². The van der Waals surface area contributed by atoms with Crippen molar-refractivity contribution < 1.29 is 33.6 Å². The molecule has 0 atom stereocenters. The molecule has 8 heteroatoms. The molecule has 0 fully saturated rings. The SMILES string of the molecule is COc1cccc(OCC(=O)Nc2cc(OC)c(OC)cc2C(=O)[O-])c1. The van der Waals surface area contributed by atoms with Gasteiger partial charge in [0.05, 0.1) is 33.0 Å². The van der Waals surface area contributed by atoms with Crippen molar-refractivity contribution in [3.63, 3.8) is 0 Å². The molecule has 8 nitrogen and oxygen atoms in total. The zero-order valence-electron chi connectivity index (χ0n) is 14.5. The summed E-state index contributed by atoms with van der Waals surface area (Å²) in [6, 6.07) is 9.30. The van der Waals surface area contributed by atoms with Crippen LogP contribution in [0.25, 0.3) is 0 Å². The van der Waals surface area contributed by atoms with Gasteiger partial charge in [0, 0.05) is 17.7 Å². The number of carboxylic acids is 1. The maximum absolute atomic E-state index is 12.1. The Kier molecular flexibility index (Phi) is 6.26. The average Bonchev–Trinajstić information content (AvgIpc) is 2.65. The lowest BCUT2D eigenvalue weighted by Crippen LogP contribution is -2.26. The maximum atomic E-state index is 12.1. The molecule has 2 rings (SSSR count). The largest absolute Gasteiger partial charge is 0.545 e. The number of amides is 1. The number of ether oxygens (including phenoxy) is 4. The van der Waals surface area contributed by atoms with Crippen LogP contribution in [0.5, 0.6) is 23.0 Å². The van der Waals surface area contributed by atoms with Gasteiger partial charge in [-0.1, -0.05) is 6.07 Å². The second-order valence-electron chi connectivity index (χ2n) is 5.06. The Morgan fingerprint density at radius 3 is 2.23 bits per heavy atom. The highest BCUT2D eigenvalue weighted by molar-refractivity contribution is 6.01. The smallest absolute Gasteiger partial charge is 0.262 e. The van der Waals surface area contributed by atoms with E-state index in [2.05, 4.69) is 5.32 Å². The van der Waals surface area contributed by atoms with Gasteiger partial charge in [0.15, 0.2) is 18.1 Å². The molecule has 0 unspecified atom stereocenters. The Hall–Kier alpha value is -3.42. The van der Waals surface area contributed by atoms with Gasteiger partial charge in [-0.3, -0.25) is 4.79 Å². The van der Waals surface area contributed by atoms with Crippen molar-refractivity contribution in [1.82, 2.24) is 0 Å². The average molecular weight is 360 g/mol. The van der Waals surface area contributed by atoms with Crippen molar-refractivity contribution in [2.75, 3.05) is 33.3 Å². The van der Waals surface area contributed by atoms with Crippen molar-refractivity contribution in [2.45, 2.75) is 0 Å². The number of anilines is 1. The van der Waals surface area contributed by atoms with E-state index in [-0.39, 0.29) is 29.4 Å². The first-order valence-electron chi connectivity index (χ1n) is 7.52. The number of rotatable bonds is 8. The number of methoxy groups -OCH3 is 3. The lowest BCUT2D eigenvalue weighted by atomic mass is 10.1. The van der Waals surface area contributed by atoms with Gasteiger partial charge in [-0.15, -0.1) is 0 Å². The molecule has 1 N–H and O–H groups in total. The molecule has 0 aromatic heterocycles. The highest BCUT2D eigenvalue weighted by Crippen LogP contribution is 2.33. The molecule has 0 heterocycles. The van der Waals surface area contributed by atoms with E-state index in [1.165, 1.54) is 33.5 Å². The molecular formula is C18H18NO7-. The zero-order valence-corrected chi connectivity index (χ0v) is 14.5. The maximum Gasteiger partial charge on any atom is 0.262 e. The summed E-state index contributed by atoms with van der Waals surface area (Å²) in [5.74, 6) is -0.523. The second-order valence-corrected chi connectivity index (χ2v) is 5.06. The summed E-state index contributed by atoms with van der Waals surface area (Å²) in [6.07, 6.45) is 0. The van der Waals surface area contributed by atoms with Crippen LogP contribution in [0.3, 0.4) is 0 Å². The van der Waals surface area contributed by atoms with Gasteiger partial charge in [-0.25, -0.2) is 0 Å². The summed E-state index contributed by atoms with van der Waals surface area (Å²) in [4.78, 5) is 23.4. The fourth-order valence-corrected chi connectivity index (χ4v) is 2.18. The third-order valence-corrected chi connectivity index (χ3v) is 3.43. The summed E-state index contributed by atoms with van der Waals surface area (Å²) in [7, 11) is 4.29. The first kappa shape index (κ1) is 18.9. The van der Waals surface area contributed by atoms with Gasteiger partial charge in [0.2, 0.25) is 0 Å². The first-order chi connectivity index (χ1) is 12.5. The second kappa shape index (κ2) is 8.61. The Labute approximate surface area is 150 Å². The zero-order chi connectivity index (χ0) is 19.1. The molecule has 2 aromatic rings. The van der Waals surface area contributed by atoms with E-state index >= 15 is 0 Å². The Balaban J connectivity index is 2.13. The summed E-state index contributed by atoms with van der Waals surface area (Å²) >= 11 is 0. The van der Waals surface area contributed by atoms with Crippen LogP contribution < -0.4 is 29.4 Å². The normalized spacial score (nSPS) is 9.96. The fourth-order valence-electron chi connectivity index (χ4n) is 2.18. The quantitative estimate of drug-likeness (QED) is 0.751. The number of carboxylic acid groups (broad SMARTS) is 1. The summed E-state index contributed by atoms with van der Waals surface area (Å²) < 4.78 is 20.6. The molecule has 2 aromatic carbocycles. The van der Waals surface area contributed by atoms with Crippen molar-refractivity contribution in [1.29, 1.82) is 0 Å². The molecule has 0 spiro atoms. The van der Waals surface area contributed by atoms with E-state index in [0.717, 1.165) is 0 Å². The minimum Gasteiger partial charge on any atom is -0.545 e. The molecule has 0 saturated heterocycles. The van der Waals surface area contributed by atoms with Gasteiger partial charge in [0.1, 0.15) is 11.5 Å². The minimum atomic E-state index is -1.46. The van der Waals surface area contributed by atoms with Crippen LogP contribution in [-0.4, -0.2) is 39.8 Å². The molecule has 1 amide bonds. The number of aromatic carboxylic acids is 1. The molecule has 138 valence electrons. The Bertz CT molecular complexity index is 804. The lowest BCUT2D eigenvalue weighted by molar-refractivity contribution is -0.254. The van der Waals surface area contributed by atoms with Gasteiger partial charge >= 0.3 is 0 Å². The number of benzene rings is 2. The molecule has 0 radical (unpaired) electrons. The lowest BCUT2D eigenvalue weighted by Gasteiger charge is -2.16. The van der Waals surface area contributed by atoms with E-state index in [0.29, 0.717) is 11.5 Å². The van der Waals surface area contributed by atoms with Gasteiger partial charge in [0.25, 0.3) is 5.91 Å². The van der Waals surface area contributed by atoms with Crippen LogP contribution in [0, 0.1) is 0 Å². The topological polar surface area (TPSA) is 106 Å². The third-order valence-electron chi connectivity index (χ3n) is 3.43. The molecule has 0 aliphatic rings. The highest BCUT2D eigenvalue weighted by atomic mass is 16.5. The van der Waals surface area contributed by atoms with Crippen LogP contribution in [0.15, 0.2) is 36.4 Å². The van der Waals surface area contributed by atoms with Crippen LogP contribution in [0.2, 0.25) is 0 Å². The number of carbonyl (C=O) groups excluding carboxylic acids is 2. The van der Waals surface area contributed by atoms with E-state index in [4.69, 9.17) is 18.9 Å². The molecule has 0 aliphatic carbocycles. The molecule has 26 heavy (non-hydrogen) atoms.